The van der Waals surface area contributed by atoms with Crippen LogP contribution in [0.2, 0.25) is 0 Å². The maximum atomic E-state index is 12.7. The first kappa shape index (κ1) is 19.9. The summed E-state index contributed by atoms with van der Waals surface area (Å²) in [5, 5.41) is 2.62. The van der Waals surface area contributed by atoms with Crippen LogP contribution in [0.15, 0.2) is 65.6 Å². The molecule has 0 aliphatic rings. The molecule has 0 fully saturated rings. The van der Waals surface area contributed by atoms with Gasteiger partial charge in [0.1, 0.15) is 0 Å². The third-order valence-corrected chi connectivity index (χ3v) is 5.86. The summed E-state index contributed by atoms with van der Waals surface area (Å²) in [5.41, 5.74) is 4.55. The second-order valence-corrected chi connectivity index (χ2v) is 8.38. The van der Waals surface area contributed by atoms with E-state index in [2.05, 4.69) is 14.6 Å². The number of para-hydroxylation sites is 1. The molecule has 0 aliphatic heterocycles. The molecule has 0 saturated heterocycles. The van der Waals surface area contributed by atoms with Gasteiger partial charge < -0.3 is 9.88 Å². The first-order valence-corrected chi connectivity index (χ1v) is 10.4. The molecule has 0 atom stereocenters. The molecule has 3 rings (SSSR count). The Hall–Kier alpha value is -2.90. The molecule has 0 spiro atoms. The van der Waals surface area contributed by atoms with Gasteiger partial charge in [0.2, 0.25) is 15.9 Å². The van der Waals surface area contributed by atoms with E-state index in [0.717, 1.165) is 22.6 Å². The lowest BCUT2D eigenvalue weighted by molar-refractivity contribution is -0.114. The average molecular weight is 398 g/mol. The molecular formula is C21H23N3O3S. The maximum Gasteiger partial charge on any atom is 0.240 e. The Bertz CT molecular complexity index is 1080. The highest BCUT2D eigenvalue weighted by atomic mass is 32.2. The van der Waals surface area contributed by atoms with Gasteiger partial charge in [-0.2, -0.15) is 0 Å². The van der Waals surface area contributed by atoms with Gasteiger partial charge in [0.05, 0.1) is 4.90 Å². The van der Waals surface area contributed by atoms with Crippen molar-refractivity contribution in [3.05, 3.63) is 77.6 Å². The molecule has 6 nitrogen and oxygen atoms in total. The minimum Gasteiger partial charge on any atom is -0.326 e. The van der Waals surface area contributed by atoms with Crippen LogP contribution in [-0.2, 0) is 21.4 Å². The summed E-state index contributed by atoms with van der Waals surface area (Å²) in [6, 6.07) is 17.9. The van der Waals surface area contributed by atoms with Crippen LogP contribution in [0.5, 0.6) is 0 Å². The maximum absolute atomic E-state index is 12.7. The van der Waals surface area contributed by atoms with Crippen LogP contribution in [0.25, 0.3) is 5.69 Å². The number of anilines is 1. The van der Waals surface area contributed by atoms with Crippen molar-refractivity contribution in [1.82, 2.24) is 9.29 Å². The number of nitrogens with zero attached hydrogens (tertiary/aromatic N) is 1. The normalized spacial score (nSPS) is 11.4. The van der Waals surface area contributed by atoms with Gasteiger partial charge in [0.25, 0.3) is 0 Å². The number of carbonyl (C=O) groups is 1. The molecule has 3 aromatic rings. The lowest BCUT2D eigenvalue weighted by atomic mass is 10.1. The van der Waals surface area contributed by atoms with Crippen LogP contribution >= 0.6 is 0 Å². The molecule has 7 heteroatoms. The van der Waals surface area contributed by atoms with Crippen molar-refractivity contribution in [2.24, 2.45) is 0 Å². The second-order valence-electron chi connectivity index (χ2n) is 6.61. The van der Waals surface area contributed by atoms with E-state index < -0.39 is 10.0 Å². The van der Waals surface area contributed by atoms with E-state index >= 15 is 0 Å². The molecule has 0 radical (unpaired) electrons. The number of hydrogen-bond acceptors (Lipinski definition) is 3. The molecule has 0 unspecified atom stereocenters. The Morgan fingerprint density at radius 1 is 0.929 bits per heavy atom. The Labute approximate surface area is 165 Å². The highest BCUT2D eigenvalue weighted by Gasteiger charge is 2.16. The van der Waals surface area contributed by atoms with Crippen molar-refractivity contribution in [2.75, 3.05) is 5.32 Å². The molecule has 2 aromatic carbocycles. The van der Waals surface area contributed by atoms with Gasteiger partial charge in [-0.05, 0) is 61.9 Å². The van der Waals surface area contributed by atoms with E-state index in [1.54, 1.807) is 12.1 Å². The molecule has 0 aliphatic carbocycles. The molecule has 1 aromatic heterocycles. The SMILES string of the molecule is CC(=O)Nc1ccc(S(=O)(=O)NCc2ccccc2-n2c(C)ccc2C)cc1. The minimum atomic E-state index is -3.68. The zero-order chi connectivity index (χ0) is 20.3. The minimum absolute atomic E-state index is 0.146. The molecule has 1 amide bonds. The van der Waals surface area contributed by atoms with Crippen LogP contribution < -0.4 is 10.0 Å². The average Bonchev–Trinajstić information content (AvgIpc) is 2.98. The van der Waals surface area contributed by atoms with E-state index in [1.807, 2.05) is 50.2 Å². The van der Waals surface area contributed by atoms with Gasteiger partial charge in [-0.3, -0.25) is 4.79 Å². The highest BCUT2D eigenvalue weighted by molar-refractivity contribution is 7.89. The fraction of sp³-hybridized carbons (Fsp3) is 0.190. The van der Waals surface area contributed by atoms with Crippen LogP contribution in [0.4, 0.5) is 5.69 Å². The number of aromatic nitrogens is 1. The first-order valence-electron chi connectivity index (χ1n) is 8.88. The largest absolute Gasteiger partial charge is 0.326 e. The van der Waals surface area contributed by atoms with Crippen LogP contribution in [0.3, 0.4) is 0 Å². The van der Waals surface area contributed by atoms with E-state index in [1.165, 1.54) is 19.1 Å². The van der Waals surface area contributed by atoms with Crippen molar-refractivity contribution in [2.45, 2.75) is 32.2 Å². The van der Waals surface area contributed by atoms with Gasteiger partial charge in [-0.1, -0.05) is 18.2 Å². The van der Waals surface area contributed by atoms with Crippen LogP contribution in [-0.4, -0.2) is 18.9 Å². The van der Waals surface area contributed by atoms with Gasteiger partial charge >= 0.3 is 0 Å². The molecule has 28 heavy (non-hydrogen) atoms. The van der Waals surface area contributed by atoms with Crippen LogP contribution in [0, 0.1) is 13.8 Å². The van der Waals surface area contributed by atoms with E-state index in [0.29, 0.717) is 5.69 Å². The summed E-state index contributed by atoms with van der Waals surface area (Å²) < 4.78 is 30.1. The molecular weight excluding hydrogens is 374 g/mol. The fourth-order valence-electron chi connectivity index (χ4n) is 3.10. The zero-order valence-electron chi connectivity index (χ0n) is 16.1. The van der Waals surface area contributed by atoms with E-state index in [4.69, 9.17) is 0 Å². The Morgan fingerprint density at radius 2 is 1.54 bits per heavy atom. The number of nitrogens with one attached hydrogen (secondary N) is 2. The summed E-state index contributed by atoms with van der Waals surface area (Å²) in [7, 11) is -3.68. The summed E-state index contributed by atoms with van der Waals surface area (Å²) in [6.45, 7) is 5.61. The summed E-state index contributed by atoms with van der Waals surface area (Å²) in [4.78, 5) is 11.2. The van der Waals surface area contributed by atoms with Gasteiger partial charge in [0, 0.05) is 36.2 Å². The number of carbonyl (C=O) groups excluding carboxylic acids is 1. The topological polar surface area (TPSA) is 80.2 Å². The molecule has 146 valence electrons. The molecule has 0 bridgehead atoms. The number of rotatable bonds is 6. The Kier molecular flexibility index (Phi) is 5.67. The lowest BCUT2D eigenvalue weighted by Crippen LogP contribution is -2.24. The zero-order valence-corrected chi connectivity index (χ0v) is 16.9. The Balaban J connectivity index is 1.81. The fourth-order valence-corrected chi connectivity index (χ4v) is 4.11. The number of aryl methyl sites for hydroxylation is 2. The standard InChI is InChI=1S/C21H23N3O3S/c1-15-8-9-16(2)24(15)21-7-5-4-6-18(21)14-22-28(26,27)20-12-10-19(11-13-20)23-17(3)25/h4-13,22H,14H2,1-3H3,(H,23,25). The van der Waals surface area contributed by atoms with E-state index in [9.17, 15) is 13.2 Å². The van der Waals surface area contributed by atoms with E-state index in [-0.39, 0.29) is 17.3 Å². The van der Waals surface area contributed by atoms with Crippen molar-refractivity contribution in [3.63, 3.8) is 0 Å². The smallest absolute Gasteiger partial charge is 0.240 e. The molecule has 2 N–H and O–H groups in total. The summed E-state index contributed by atoms with van der Waals surface area (Å²) in [6.07, 6.45) is 0. The monoisotopic (exact) mass is 397 g/mol. The van der Waals surface area contributed by atoms with Crippen molar-refractivity contribution >= 4 is 21.6 Å². The van der Waals surface area contributed by atoms with Crippen molar-refractivity contribution in [3.8, 4) is 5.69 Å². The summed E-state index contributed by atoms with van der Waals surface area (Å²) >= 11 is 0. The van der Waals surface area contributed by atoms with Gasteiger partial charge in [-0.25, -0.2) is 13.1 Å². The quantitative estimate of drug-likeness (QED) is 0.668. The lowest BCUT2D eigenvalue weighted by Gasteiger charge is -2.15. The highest BCUT2D eigenvalue weighted by Crippen LogP contribution is 2.21. The summed E-state index contributed by atoms with van der Waals surface area (Å²) in [5.74, 6) is -0.207. The Morgan fingerprint density at radius 3 is 2.14 bits per heavy atom. The van der Waals surface area contributed by atoms with Gasteiger partial charge in [-0.15, -0.1) is 0 Å². The number of sulfonamides is 1. The second kappa shape index (κ2) is 8.00. The third-order valence-electron chi connectivity index (χ3n) is 4.44. The number of amides is 1. The van der Waals surface area contributed by atoms with Gasteiger partial charge in [0.15, 0.2) is 0 Å². The van der Waals surface area contributed by atoms with Crippen molar-refractivity contribution < 1.29 is 13.2 Å². The molecule has 0 saturated carbocycles. The van der Waals surface area contributed by atoms with Crippen LogP contribution in [0.1, 0.15) is 23.9 Å². The number of benzene rings is 2. The van der Waals surface area contributed by atoms with Crippen molar-refractivity contribution in [1.29, 1.82) is 0 Å². The third kappa shape index (κ3) is 4.32. The number of hydrogen-bond donors (Lipinski definition) is 2. The first-order chi connectivity index (χ1) is 13.3. The molecule has 1 heterocycles. The predicted octanol–water partition coefficient (Wildman–Crippen LogP) is 3.53. The predicted molar refractivity (Wildman–Crippen MR) is 110 cm³/mol.